The van der Waals surface area contributed by atoms with E-state index in [9.17, 15) is 13.2 Å². The summed E-state index contributed by atoms with van der Waals surface area (Å²) in [6.45, 7) is 3.74. The van der Waals surface area contributed by atoms with Crippen molar-refractivity contribution < 1.29 is 17.9 Å². The number of hydrogen-bond acceptors (Lipinski definition) is 6. The summed E-state index contributed by atoms with van der Waals surface area (Å²) in [7, 11) is -3.14. The van der Waals surface area contributed by atoms with Gasteiger partial charge >= 0.3 is 0 Å². The molecule has 7 nitrogen and oxygen atoms in total. The van der Waals surface area contributed by atoms with E-state index in [1.165, 1.54) is 15.6 Å². The molecule has 0 bridgehead atoms. The number of amides is 1. The summed E-state index contributed by atoms with van der Waals surface area (Å²) in [5.74, 6) is 0.238. The van der Waals surface area contributed by atoms with Crippen LogP contribution in [-0.4, -0.2) is 61.2 Å². The van der Waals surface area contributed by atoms with Crippen LogP contribution in [-0.2, 0) is 14.8 Å². The third kappa shape index (κ3) is 3.28. The maximum absolute atomic E-state index is 11.9. The summed E-state index contributed by atoms with van der Waals surface area (Å²) < 4.78 is 31.1. The highest BCUT2D eigenvalue weighted by Gasteiger charge is 2.55. The topological polar surface area (TPSA) is 88.6 Å². The molecular weight excluding hydrogens is 338 g/mol. The van der Waals surface area contributed by atoms with Crippen LogP contribution in [0, 0.1) is 5.92 Å². The second kappa shape index (κ2) is 6.46. The zero-order chi connectivity index (χ0) is 16.5. The molecule has 1 N–H and O–H groups in total. The van der Waals surface area contributed by atoms with Crippen molar-refractivity contribution in [1.82, 2.24) is 14.6 Å². The molecule has 3 heterocycles. The van der Waals surface area contributed by atoms with E-state index in [1.807, 2.05) is 0 Å². The van der Waals surface area contributed by atoms with Crippen LogP contribution in [0.15, 0.2) is 10.9 Å². The minimum absolute atomic E-state index is 0.122. The Morgan fingerprint density at radius 3 is 3.00 bits per heavy atom. The van der Waals surface area contributed by atoms with Crippen LogP contribution < -0.4 is 5.32 Å². The molecule has 1 aromatic heterocycles. The number of nitrogens with zero attached hydrogens (tertiary/aromatic N) is 2. The predicted molar refractivity (Wildman–Crippen MR) is 86.9 cm³/mol. The molecule has 1 spiro atoms. The van der Waals surface area contributed by atoms with E-state index in [0.29, 0.717) is 31.9 Å². The van der Waals surface area contributed by atoms with Crippen LogP contribution in [0.5, 0.6) is 0 Å². The minimum Gasteiger partial charge on any atom is -0.372 e. The van der Waals surface area contributed by atoms with E-state index in [2.05, 4.69) is 10.3 Å². The lowest BCUT2D eigenvalue weighted by atomic mass is 9.80. The molecule has 1 aromatic rings. The van der Waals surface area contributed by atoms with Gasteiger partial charge in [-0.2, -0.15) is 4.31 Å². The van der Waals surface area contributed by atoms with Gasteiger partial charge in [-0.05, 0) is 25.7 Å². The van der Waals surface area contributed by atoms with Crippen molar-refractivity contribution in [2.45, 2.75) is 25.4 Å². The van der Waals surface area contributed by atoms with Gasteiger partial charge in [-0.1, -0.05) is 0 Å². The Balaban J connectivity index is 1.50. The highest BCUT2D eigenvalue weighted by molar-refractivity contribution is 7.89. The second-order valence-corrected chi connectivity index (χ2v) is 8.96. The fourth-order valence-electron chi connectivity index (χ4n) is 3.25. The Morgan fingerprint density at radius 1 is 1.57 bits per heavy atom. The third-order valence-electron chi connectivity index (χ3n) is 4.69. The van der Waals surface area contributed by atoms with Crippen molar-refractivity contribution in [2.24, 2.45) is 5.92 Å². The van der Waals surface area contributed by atoms with Crippen molar-refractivity contribution in [3.05, 3.63) is 16.6 Å². The lowest BCUT2D eigenvalue weighted by molar-refractivity contribution is -0.102. The molecule has 3 rings (SSSR count). The number of sulfonamides is 1. The number of nitrogens with one attached hydrogen (secondary N) is 1. The van der Waals surface area contributed by atoms with Gasteiger partial charge in [-0.25, -0.2) is 13.4 Å². The van der Waals surface area contributed by atoms with Gasteiger partial charge in [0.1, 0.15) is 5.69 Å². The molecule has 1 amide bonds. The first-order valence-electron chi connectivity index (χ1n) is 7.75. The first kappa shape index (κ1) is 16.8. The lowest BCUT2D eigenvalue weighted by Crippen LogP contribution is -2.66. The van der Waals surface area contributed by atoms with Gasteiger partial charge < -0.3 is 10.1 Å². The number of aromatic nitrogens is 1. The summed E-state index contributed by atoms with van der Waals surface area (Å²) in [4.78, 5) is 15.8. The number of carbonyl (C=O) groups excluding carboxylic acids is 1. The van der Waals surface area contributed by atoms with Crippen LogP contribution in [0.2, 0.25) is 0 Å². The SMILES string of the molecule is CCS(=O)(=O)N1CC2(C1)OCC[C@@H]2CCNC(=O)c1cscn1. The molecular formula is C14H21N3O4S2. The Bertz CT molecular complexity index is 654. The fraction of sp³-hybridized carbons (Fsp3) is 0.714. The number of hydrogen-bond donors (Lipinski definition) is 1. The molecule has 0 radical (unpaired) electrons. The van der Waals surface area contributed by atoms with E-state index in [0.717, 1.165) is 12.8 Å². The zero-order valence-electron chi connectivity index (χ0n) is 13.0. The van der Waals surface area contributed by atoms with Crippen LogP contribution in [0.25, 0.3) is 0 Å². The Morgan fingerprint density at radius 2 is 2.35 bits per heavy atom. The maximum Gasteiger partial charge on any atom is 0.270 e. The molecule has 2 aliphatic heterocycles. The smallest absolute Gasteiger partial charge is 0.270 e. The molecule has 2 aliphatic rings. The number of carbonyl (C=O) groups is 1. The Hall–Kier alpha value is -1.03. The molecule has 0 aromatic carbocycles. The molecule has 1 atom stereocenters. The average molecular weight is 359 g/mol. The van der Waals surface area contributed by atoms with Gasteiger partial charge in [0.25, 0.3) is 5.91 Å². The van der Waals surface area contributed by atoms with Gasteiger partial charge in [0.2, 0.25) is 10.0 Å². The summed E-state index contributed by atoms with van der Waals surface area (Å²) >= 11 is 1.39. The van der Waals surface area contributed by atoms with Crippen molar-refractivity contribution in [3.63, 3.8) is 0 Å². The number of rotatable bonds is 6. The van der Waals surface area contributed by atoms with Crippen molar-refractivity contribution in [1.29, 1.82) is 0 Å². The van der Waals surface area contributed by atoms with Crippen molar-refractivity contribution in [2.75, 3.05) is 32.0 Å². The van der Waals surface area contributed by atoms with E-state index >= 15 is 0 Å². The first-order valence-corrected chi connectivity index (χ1v) is 10.3. The standard InChI is InChI=1S/C14H21N3O4S2/c1-2-23(19,20)17-8-14(9-17)11(4-6-21-14)3-5-15-13(18)12-7-22-10-16-12/h7,10-11H,2-6,8-9H2,1H3,(H,15,18)/t11-/m0/s1. The molecule has 0 aliphatic carbocycles. The average Bonchev–Trinajstić information content (AvgIpc) is 3.15. The van der Waals surface area contributed by atoms with E-state index < -0.39 is 10.0 Å². The molecule has 2 saturated heterocycles. The predicted octanol–water partition coefficient (Wildman–Crippen LogP) is 0.704. The highest BCUT2D eigenvalue weighted by Crippen LogP contribution is 2.42. The van der Waals surface area contributed by atoms with Crippen LogP contribution in [0.4, 0.5) is 0 Å². The lowest BCUT2D eigenvalue weighted by Gasteiger charge is -2.49. The molecule has 9 heteroatoms. The Kier molecular flexibility index (Phi) is 4.73. The summed E-state index contributed by atoms with van der Waals surface area (Å²) in [6.07, 6.45) is 1.70. The summed E-state index contributed by atoms with van der Waals surface area (Å²) in [5.41, 5.74) is 1.72. The zero-order valence-corrected chi connectivity index (χ0v) is 14.7. The molecule has 128 valence electrons. The fourth-order valence-corrected chi connectivity index (χ4v) is 4.98. The van der Waals surface area contributed by atoms with E-state index in [4.69, 9.17) is 4.74 Å². The van der Waals surface area contributed by atoms with Crippen molar-refractivity contribution in [3.8, 4) is 0 Å². The molecule has 2 fully saturated rings. The van der Waals surface area contributed by atoms with Crippen LogP contribution in [0.1, 0.15) is 30.3 Å². The van der Waals surface area contributed by atoms with E-state index in [-0.39, 0.29) is 23.2 Å². The quantitative estimate of drug-likeness (QED) is 0.808. The van der Waals surface area contributed by atoms with Gasteiger partial charge in [0, 0.05) is 31.6 Å². The van der Waals surface area contributed by atoms with Crippen molar-refractivity contribution >= 4 is 27.3 Å². The normalized spacial score (nSPS) is 23.8. The third-order valence-corrected chi connectivity index (χ3v) is 7.05. The van der Waals surface area contributed by atoms with Crippen LogP contribution >= 0.6 is 11.3 Å². The first-order chi connectivity index (χ1) is 11.0. The number of thiazole rings is 1. The largest absolute Gasteiger partial charge is 0.372 e. The highest BCUT2D eigenvalue weighted by atomic mass is 32.2. The molecule has 0 saturated carbocycles. The van der Waals surface area contributed by atoms with Gasteiger partial charge in [0.05, 0.1) is 16.9 Å². The summed E-state index contributed by atoms with van der Waals surface area (Å²) in [6, 6.07) is 0. The van der Waals surface area contributed by atoms with Gasteiger partial charge in [-0.15, -0.1) is 11.3 Å². The van der Waals surface area contributed by atoms with Crippen LogP contribution in [0.3, 0.4) is 0 Å². The molecule has 23 heavy (non-hydrogen) atoms. The monoisotopic (exact) mass is 359 g/mol. The summed E-state index contributed by atoms with van der Waals surface area (Å²) in [5, 5.41) is 4.59. The van der Waals surface area contributed by atoms with E-state index in [1.54, 1.807) is 17.8 Å². The van der Waals surface area contributed by atoms with Gasteiger partial charge in [-0.3, -0.25) is 4.79 Å². The Labute approximate surface area is 140 Å². The maximum atomic E-state index is 11.9. The minimum atomic E-state index is -3.14. The second-order valence-electron chi connectivity index (χ2n) is 5.99. The molecule has 0 unspecified atom stereocenters. The van der Waals surface area contributed by atoms with Gasteiger partial charge in [0.15, 0.2) is 0 Å². The number of ether oxygens (including phenoxy) is 1.